The van der Waals surface area contributed by atoms with Crippen LogP contribution in [0.25, 0.3) is 0 Å². The molecule has 1 unspecified atom stereocenters. The lowest BCUT2D eigenvalue weighted by molar-refractivity contribution is -0.119. The van der Waals surface area contributed by atoms with Gasteiger partial charge in [0, 0.05) is 18.8 Å². The van der Waals surface area contributed by atoms with Gasteiger partial charge in [-0.15, -0.1) is 0 Å². The maximum atomic E-state index is 13.7. The second-order valence-electron chi connectivity index (χ2n) is 8.18. The Morgan fingerprint density at radius 1 is 1.16 bits per heavy atom. The zero-order valence-electron chi connectivity index (χ0n) is 18.4. The van der Waals surface area contributed by atoms with Crippen molar-refractivity contribution < 1.29 is 9.59 Å². The molecule has 1 saturated heterocycles. The van der Waals surface area contributed by atoms with E-state index in [1.165, 1.54) is 12.8 Å². The van der Waals surface area contributed by atoms with E-state index in [4.69, 9.17) is 0 Å². The highest BCUT2D eigenvalue weighted by Gasteiger charge is 2.32. The number of nitrogens with one attached hydrogen (secondary N) is 1. The van der Waals surface area contributed by atoms with E-state index >= 15 is 0 Å². The molecule has 2 aliphatic rings. The number of carbonyl (C=O) groups excluding carboxylic acids is 2. The predicted molar refractivity (Wildman–Crippen MR) is 123 cm³/mol. The van der Waals surface area contributed by atoms with E-state index in [1.54, 1.807) is 29.3 Å². The molecule has 1 aromatic heterocycles. The second kappa shape index (κ2) is 9.58. The number of pyridine rings is 1. The molecule has 0 saturated carbocycles. The van der Waals surface area contributed by atoms with Gasteiger partial charge in [-0.3, -0.25) is 24.3 Å². The molecule has 164 valence electrons. The Kier molecular flexibility index (Phi) is 6.63. The van der Waals surface area contributed by atoms with Crippen molar-refractivity contribution in [3.63, 3.8) is 0 Å². The van der Waals surface area contributed by atoms with Crippen LogP contribution < -0.4 is 10.2 Å². The number of anilines is 3. The minimum Gasteiger partial charge on any atom is -0.319 e. The van der Waals surface area contributed by atoms with Gasteiger partial charge in [0.05, 0.1) is 23.5 Å². The number of likely N-dealkylation sites (N-methyl/N-ethyl adjacent to an activating group) is 1. The molecule has 2 aromatic rings. The summed E-state index contributed by atoms with van der Waals surface area (Å²) < 4.78 is 0. The average molecular weight is 422 g/mol. The highest BCUT2D eigenvalue weighted by Crippen LogP contribution is 2.36. The molecule has 0 bridgehead atoms. The lowest BCUT2D eigenvalue weighted by Gasteiger charge is -2.33. The Bertz CT molecular complexity index is 943. The summed E-state index contributed by atoms with van der Waals surface area (Å²) in [5, 5.41) is 2.90. The number of hydrogen-bond acceptors (Lipinski definition) is 5. The molecule has 2 amide bonds. The topological polar surface area (TPSA) is 68.8 Å². The van der Waals surface area contributed by atoms with Crippen LogP contribution in [0.1, 0.15) is 43.5 Å². The Morgan fingerprint density at radius 2 is 1.97 bits per heavy atom. The zero-order valence-corrected chi connectivity index (χ0v) is 18.4. The normalized spacial score (nSPS) is 19.3. The van der Waals surface area contributed by atoms with Crippen molar-refractivity contribution in [3.8, 4) is 0 Å². The van der Waals surface area contributed by atoms with E-state index in [2.05, 4.69) is 33.9 Å². The predicted octanol–water partition coefficient (Wildman–Crippen LogP) is 3.51. The number of likely N-dealkylation sites (tertiary alicyclic amines) is 1. The number of benzene rings is 1. The standard InChI is InChI=1S/C24H31N5O2/c1-3-28(4-2)18-10-7-8-15-27(16-18)17-22(30)29-21-13-6-5-11-19(21)24(31)26-20-12-9-14-25-23(20)29/h5-6,9,11-14,18H,3-4,7-8,10,15-17H2,1-2H3,(H,26,31). The first-order valence-corrected chi connectivity index (χ1v) is 11.3. The van der Waals surface area contributed by atoms with E-state index in [0.29, 0.717) is 35.3 Å². The first-order valence-electron chi connectivity index (χ1n) is 11.3. The molecule has 0 aliphatic carbocycles. The number of carbonyl (C=O) groups is 2. The molecule has 0 radical (unpaired) electrons. The smallest absolute Gasteiger partial charge is 0.257 e. The van der Waals surface area contributed by atoms with Gasteiger partial charge in [-0.2, -0.15) is 0 Å². The third-order valence-corrected chi connectivity index (χ3v) is 6.30. The van der Waals surface area contributed by atoms with Crippen molar-refractivity contribution in [2.75, 3.05) is 42.9 Å². The fourth-order valence-electron chi connectivity index (χ4n) is 4.73. The number of fused-ring (bicyclic) bond motifs is 2. The molecule has 7 nitrogen and oxygen atoms in total. The summed E-state index contributed by atoms with van der Waals surface area (Å²) in [6.45, 7) is 8.53. The Morgan fingerprint density at radius 3 is 2.77 bits per heavy atom. The third kappa shape index (κ3) is 4.48. The van der Waals surface area contributed by atoms with Crippen LogP contribution in [0.4, 0.5) is 17.2 Å². The second-order valence-corrected chi connectivity index (χ2v) is 8.18. The molecular formula is C24H31N5O2. The zero-order chi connectivity index (χ0) is 21.8. The number of rotatable bonds is 5. The minimum absolute atomic E-state index is 0.0657. The van der Waals surface area contributed by atoms with Gasteiger partial charge in [-0.25, -0.2) is 4.98 Å². The van der Waals surface area contributed by atoms with Crippen molar-refractivity contribution in [1.82, 2.24) is 14.8 Å². The summed E-state index contributed by atoms with van der Waals surface area (Å²) in [7, 11) is 0. The van der Waals surface area contributed by atoms with Crippen molar-refractivity contribution in [2.45, 2.75) is 39.2 Å². The summed E-state index contributed by atoms with van der Waals surface area (Å²) in [5.74, 6) is 0.182. The summed E-state index contributed by atoms with van der Waals surface area (Å²) in [6.07, 6.45) is 5.10. The van der Waals surface area contributed by atoms with Crippen molar-refractivity contribution >= 4 is 29.0 Å². The lowest BCUT2D eigenvalue weighted by Crippen LogP contribution is -2.46. The maximum Gasteiger partial charge on any atom is 0.257 e. The Labute approximate surface area is 184 Å². The van der Waals surface area contributed by atoms with Crippen LogP contribution in [0.3, 0.4) is 0 Å². The number of para-hydroxylation sites is 1. The van der Waals surface area contributed by atoms with Crippen LogP contribution >= 0.6 is 0 Å². The van der Waals surface area contributed by atoms with Crippen LogP contribution in [-0.2, 0) is 4.79 Å². The van der Waals surface area contributed by atoms with Gasteiger partial charge in [-0.1, -0.05) is 32.4 Å². The summed E-state index contributed by atoms with van der Waals surface area (Å²) in [5.41, 5.74) is 1.61. The van der Waals surface area contributed by atoms with Gasteiger partial charge in [0.15, 0.2) is 5.82 Å². The number of aromatic nitrogens is 1. The molecule has 1 N–H and O–H groups in total. The van der Waals surface area contributed by atoms with Gasteiger partial charge in [0.1, 0.15) is 0 Å². The highest BCUT2D eigenvalue weighted by molar-refractivity contribution is 6.17. The molecule has 7 heteroatoms. The molecule has 31 heavy (non-hydrogen) atoms. The molecule has 0 spiro atoms. The van der Waals surface area contributed by atoms with Crippen molar-refractivity contribution in [1.29, 1.82) is 0 Å². The molecule has 3 heterocycles. The SMILES string of the molecule is CCN(CC)C1CCCCN(CC(=O)N2c3ccccc3C(=O)Nc3cccnc32)C1. The molecule has 2 aliphatic heterocycles. The minimum atomic E-state index is -0.225. The lowest BCUT2D eigenvalue weighted by atomic mass is 10.1. The Balaban J connectivity index is 1.63. The maximum absolute atomic E-state index is 13.7. The van der Waals surface area contributed by atoms with Crippen LogP contribution in [0.15, 0.2) is 42.6 Å². The number of hydrogen-bond donors (Lipinski definition) is 1. The summed E-state index contributed by atoms with van der Waals surface area (Å²) in [4.78, 5) is 37.3. The van der Waals surface area contributed by atoms with E-state index in [9.17, 15) is 9.59 Å². The summed E-state index contributed by atoms with van der Waals surface area (Å²) >= 11 is 0. The average Bonchev–Trinajstić information content (AvgIpc) is 3.08. The van der Waals surface area contributed by atoms with Crippen LogP contribution in [0, 0.1) is 0 Å². The van der Waals surface area contributed by atoms with Gasteiger partial charge >= 0.3 is 0 Å². The highest BCUT2D eigenvalue weighted by atomic mass is 16.2. The fraction of sp³-hybridized carbons (Fsp3) is 0.458. The van der Waals surface area contributed by atoms with Crippen molar-refractivity contribution in [3.05, 3.63) is 48.2 Å². The van der Waals surface area contributed by atoms with Crippen LogP contribution in [0.5, 0.6) is 0 Å². The van der Waals surface area contributed by atoms with Gasteiger partial charge in [-0.05, 0) is 56.7 Å². The number of amides is 2. The van der Waals surface area contributed by atoms with E-state index in [-0.39, 0.29) is 11.8 Å². The van der Waals surface area contributed by atoms with Crippen LogP contribution in [-0.4, -0.2) is 65.4 Å². The monoisotopic (exact) mass is 421 g/mol. The van der Waals surface area contributed by atoms with Crippen LogP contribution in [0.2, 0.25) is 0 Å². The largest absolute Gasteiger partial charge is 0.319 e. The molecular weight excluding hydrogens is 390 g/mol. The Hall–Kier alpha value is -2.77. The first-order chi connectivity index (χ1) is 15.1. The van der Waals surface area contributed by atoms with Crippen molar-refractivity contribution in [2.24, 2.45) is 0 Å². The van der Waals surface area contributed by atoms with Gasteiger partial charge < -0.3 is 5.32 Å². The molecule has 1 fully saturated rings. The van der Waals surface area contributed by atoms with Gasteiger partial charge in [0.25, 0.3) is 5.91 Å². The van der Waals surface area contributed by atoms with E-state index in [0.717, 1.165) is 32.6 Å². The molecule has 4 rings (SSSR count). The molecule has 1 atom stereocenters. The fourth-order valence-corrected chi connectivity index (χ4v) is 4.73. The first kappa shape index (κ1) is 21.5. The van der Waals surface area contributed by atoms with Gasteiger partial charge in [0.2, 0.25) is 5.91 Å². The van der Waals surface area contributed by atoms with E-state index in [1.807, 2.05) is 18.2 Å². The van der Waals surface area contributed by atoms with E-state index < -0.39 is 0 Å². The third-order valence-electron chi connectivity index (χ3n) is 6.30. The number of nitrogens with zero attached hydrogens (tertiary/aromatic N) is 4. The quantitative estimate of drug-likeness (QED) is 0.800. The molecule has 1 aromatic carbocycles. The summed E-state index contributed by atoms with van der Waals surface area (Å²) in [6, 6.07) is 11.2.